The van der Waals surface area contributed by atoms with Gasteiger partial charge in [0.15, 0.2) is 6.10 Å². The van der Waals surface area contributed by atoms with Crippen LogP contribution in [0.5, 0.6) is 0 Å². The van der Waals surface area contributed by atoms with Gasteiger partial charge in [0.05, 0.1) is 0 Å². The molecule has 0 saturated carbocycles. The highest BCUT2D eigenvalue weighted by molar-refractivity contribution is 5.71. The third-order valence-corrected chi connectivity index (χ3v) is 14.5. The molecule has 0 amide bonds. The second kappa shape index (κ2) is 63.6. The second-order valence-electron chi connectivity index (χ2n) is 22.0. The normalized spacial score (nSPS) is 12.4. The zero-order chi connectivity index (χ0) is 54.3. The first-order valence-electron chi connectivity index (χ1n) is 32.8. The molecule has 0 aromatic rings. The highest BCUT2D eigenvalue weighted by atomic mass is 16.6. The summed E-state index contributed by atoms with van der Waals surface area (Å²) in [6, 6.07) is 0. The molecular weight excluding hydrogens is 925 g/mol. The van der Waals surface area contributed by atoms with Gasteiger partial charge in [-0.3, -0.25) is 14.4 Å². The first-order valence-corrected chi connectivity index (χ1v) is 32.8. The Bertz CT molecular complexity index is 1340. The molecule has 0 rings (SSSR count). The van der Waals surface area contributed by atoms with E-state index < -0.39 is 6.10 Å². The van der Waals surface area contributed by atoms with Gasteiger partial charge >= 0.3 is 17.9 Å². The largest absolute Gasteiger partial charge is 0.462 e. The second-order valence-corrected chi connectivity index (χ2v) is 22.0. The lowest BCUT2D eigenvalue weighted by molar-refractivity contribution is -0.167. The molecule has 0 radical (unpaired) electrons. The van der Waals surface area contributed by atoms with Crippen LogP contribution in [0.3, 0.4) is 0 Å². The van der Waals surface area contributed by atoms with Crippen LogP contribution in [0.1, 0.15) is 342 Å². The van der Waals surface area contributed by atoms with Crippen LogP contribution >= 0.6 is 0 Å². The molecule has 0 fully saturated rings. The number of carbonyl (C=O) groups excluding carboxylic acids is 3. The Morgan fingerprint density at radius 2 is 0.520 bits per heavy atom. The molecule has 0 aromatic carbocycles. The monoisotopic (exact) mass is 1050 g/mol. The van der Waals surface area contributed by atoms with Crippen LogP contribution in [-0.4, -0.2) is 37.2 Å². The van der Waals surface area contributed by atoms with E-state index in [2.05, 4.69) is 81.5 Å². The first-order chi connectivity index (χ1) is 37.0. The van der Waals surface area contributed by atoms with Gasteiger partial charge in [-0.1, -0.05) is 300 Å². The SMILES string of the molecule is CC/C=C\C/C=C\C/C=C\C/C=C\CCCCC(=O)O[C@H](COC(=O)CCCCCCCCCCCCC/C=C\CCCCCCCC)COC(=O)CCCCCCCCCCCCCCCCCCCCCCC. The van der Waals surface area contributed by atoms with Crippen molar-refractivity contribution >= 4 is 17.9 Å². The minimum atomic E-state index is -0.795. The van der Waals surface area contributed by atoms with Crippen molar-refractivity contribution in [1.29, 1.82) is 0 Å². The Kier molecular flexibility index (Phi) is 61.2. The molecule has 436 valence electrons. The average molecular weight is 1050 g/mol. The topological polar surface area (TPSA) is 78.9 Å². The van der Waals surface area contributed by atoms with Crippen LogP contribution in [0.25, 0.3) is 0 Å². The van der Waals surface area contributed by atoms with Gasteiger partial charge in [-0.25, -0.2) is 0 Å². The number of hydrogen-bond acceptors (Lipinski definition) is 6. The van der Waals surface area contributed by atoms with Crippen LogP contribution in [0.2, 0.25) is 0 Å². The van der Waals surface area contributed by atoms with Crippen LogP contribution in [0.15, 0.2) is 60.8 Å². The molecule has 0 N–H and O–H groups in total. The molecule has 0 spiro atoms. The predicted octanol–water partition coefficient (Wildman–Crippen LogP) is 22.3. The molecule has 0 aromatic heterocycles. The van der Waals surface area contributed by atoms with E-state index in [1.54, 1.807) is 0 Å². The van der Waals surface area contributed by atoms with Crippen molar-refractivity contribution in [1.82, 2.24) is 0 Å². The molecule has 6 heteroatoms. The fourth-order valence-corrected chi connectivity index (χ4v) is 9.61. The Morgan fingerprint density at radius 3 is 0.853 bits per heavy atom. The minimum Gasteiger partial charge on any atom is -0.462 e. The smallest absolute Gasteiger partial charge is 0.306 e. The van der Waals surface area contributed by atoms with E-state index in [9.17, 15) is 14.4 Å². The third kappa shape index (κ3) is 61.8. The summed E-state index contributed by atoms with van der Waals surface area (Å²) in [5.41, 5.74) is 0. The van der Waals surface area contributed by atoms with Crippen LogP contribution in [-0.2, 0) is 28.6 Å². The summed E-state index contributed by atoms with van der Waals surface area (Å²) in [5, 5.41) is 0. The Balaban J connectivity index is 4.33. The predicted molar refractivity (Wildman–Crippen MR) is 325 cm³/mol. The minimum absolute atomic E-state index is 0.0875. The third-order valence-electron chi connectivity index (χ3n) is 14.5. The maximum absolute atomic E-state index is 12.9. The lowest BCUT2D eigenvalue weighted by Crippen LogP contribution is -2.30. The maximum atomic E-state index is 12.9. The molecule has 0 aliphatic heterocycles. The van der Waals surface area contributed by atoms with Gasteiger partial charge in [0.2, 0.25) is 0 Å². The van der Waals surface area contributed by atoms with Gasteiger partial charge in [-0.05, 0) is 83.5 Å². The summed E-state index contributed by atoms with van der Waals surface area (Å²) in [4.78, 5) is 38.3. The number of rotatable bonds is 60. The number of ether oxygens (including phenoxy) is 3. The summed E-state index contributed by atoms with van der Waals surface area (Å²) >= 11 is 0. The lowest BCUT2D eigenvalue weighted by Gasteiger charge is -2.18. The van der Waals surface area contributed by atoms with Gasteiger partial charge in [-0.2, -0.15) is 0 Å². The molecular formula is C69H124O6. The van der Waals surface area contributed by atoms with Gasteiger partial charge in [0.25, 0.3) is 0 Å². The summed E-state index contributed by atoms with van der Waals surface area (Å²) in [5.74, 6) is -0.910. The molecule has 0 unspecified atom stereocenters. The van der Waals surface area contributed by atoms with Crippen LogP contribution < -0.4 is 0 Å². The summed E-state index contributed by atoms with van der Waals surface area (Å²) in [6.45, 7) is 6.54. The summed E-state index contributed by atoms with van der Waals surface area (Å²) < 4.78 is 16.9. The molecule has 1 atom stereocenters. The van der Waals surface area contributed by atoms with Crippen molar-refractivity contribution in [2.24, 2.45) is 0 Å². The van der Waals surface area contributed by atoms with E-state index in [4.69, 9.17) is 14.2 Å². The highest BCUT2D eigenvalue weighted by Gasteiger charge is 2.19. The van der Waals surface area contributed by atoms with E-state index in [1.807, 2.05) is 0 Å². The van der Waals surface area contributed by atoms with Crippen LogP contribution in [0, 0.1) is 0 Å². The van der Waals surface area contributed by atoms with Crippen molar-refractivity contribution in [3.8, 4) is 0 Å². The quantitative estimate of drug-likeness (QED) is 0.0261. The first kappa shape index (κ1) is 72.1. The Hall–Kier alpha value is -2.89. The van der Waals surface area contributed by atoms with Gasteiger partial charge in [0, 0.05) is 19.3 Å². The van der Waals surface area contributed by atoms with E-state index in [0.717, 1.165) is 77.0 Å². The zero-order valence-corrected chi connectivity index (χ0v) is 50.1. The number of unbranched alkanes of at least 4 members (excludes halogenated alkanes) is 39. The zero-order valence-electron chi connectivity index (χ0n) is 50.1. The number of esters is 3. The molecule has 75 heavy (non-hydrogen) atoms. The number of carbonyl (C=O) groups is 3. The molecule has 0 aliphatic rings. The number of allylic oxidation sites excluding steroid dienone is 10. The highest BCUT2D eigenvalue weighted by Crippen LogP contribution is 2.17. The van der Waals surface area contributed by atoms with E-state index in [-0.39, 0.29) is 37.5 Å². The van der Waals surface area contributed by atoms with Crippen molar-refractivity contribution in [3.63, 3.8) is 0 Å². The molecule has 0 aliphatic carbocycles. The van der Waals surface area contributed by atoms with Gasteiger partial charge in [-0.15, -0.1) is 0 Å². The van der Waals surface area contributed by atoms with E-state index in [1.165, 1.54) is 218 Å². The maximum Gasteiger partial charge on any atom is 0.306 e. The molecule has 0 saturated heterocycles. The Morgan fingerprint density at radius 1 is 0.280 bits per heavy atom. The van der Waals surface area contributed by atoms with Crippen molar-refractivity contribution < 1.29 is 28.6 Å². The summed E-state index contributed by atoms with van der Waals surface area (Å²) in [7, 11) is 0. The van der Waals surface area contributed by atoms with Crippen molar-refractivity contribution in [2.75, 3.05) is 13.2 Å². The van der Waals surface area contributed by atoms with Crippen LogP contribution in [0.4, 0.5) is 0 Å². The lowest BCUT2D eigenvalue weighted by atomic mass is 10.0. The van der Waals surface area contributed by atoms with Gasteiger partial charge in [0.1, 0.15) is 13.2 Å². The standard InChI is InChI=1S/C69H124O6/c1-4-7-10-13-16-19-22-25-28-30-32-34-36-38-41-43-46-49-52-55-58-61-67(70)73-64-66(75-69(72)63-60-57-54-51-48-45-40-27-24-21-18-15-12-9-6-3)65-74-68(71)62-59-56-53-50-47-44-42-39-37-35-33-31-29-26-23-20-17-14-11-8-5-2/h9,12,18,21,25,27-28,40,48,51,66H,4-8,10-11,13-17,19-20,22-24,26,29-39,41-47,49-50,52-65H2,1-3H3/b12-9-,21-18-,28-25-,40-27-,51-48-/t66-/m1/s1. The van der Waals surface area contributed by atoms with Gasteiger partial charge < -0.3 is 14.2 Å². The fourth-order valence-electron chi connectivity index (χ4n) is 9.61. The Labute approximate surface area is 466 Å². The molecule has 6 nitrogen and oxygen atoms in total. The number of hydrogen-bond donors (Lipinski definition) is 0. The van der Waals surface area contributed by atoms with E-state index >= 15 is 0 Å². The van der Waals surface area contributed by atoms with E-state index in [0.29, 0.717) is 19.3 Å². The molecule has 0 heterocycles. The molecule has 0 bridgehead atoms. The average Bonchev–Trinajstić information content (AvgIpc) is 3.41. The summed E-state index contributed by atoms with van der Waals surface area (Å²) in [6.07, 6.45) is 81.0. The van der Waals surface area contributed by atoms with Crippen molar-refractivity contribution in [2.45, 2.75) is 348 Å². The fraction of sp³-hybridized carbons (Fsp3) is 0.812. The van der Waals surface area contributed by atoms with Crippen molar-refractivity contribution in [3.05, 3.63) is 60.8 Å².